The number of nitrogens with zero attached hydrogens (tertiary/aromatic N) is 1. The van der Waals surface area contributed by atoms with Crippen molar-refractivity contribution in [2.75, 3.05) is 7.11 Å². The predicted octanol–water partition coefficient (Wildman–Crippen LogP) is 4.27. The van der Waals surface area contributed by atoms with Crippen LogP contribution >= 0.6 is 0 Å². The number of alkyl halides is 2. The molecule has 0 aliphatic carbocycles. The number of amides is 2. The Bertz CT molecular complexity index is 741. The average molecular weight is 399 g/mol. The van der Waals surface area contributed by atoms with Gasteiger partial charge in [-0.15, -0.1) is 0 Å². The molecular weight excluding hydrogens is 376 g/mol. The van der Waals surface area contributed by atoms with E-state index in [9.17, 15) is 23.2 Å². The SMILES string of the molecule is COC(=O)/C(=C(/C)C(F)F)N(C(=O)OCc1ccccc1)C(=O)OC(C)(C)C. The minimum atomic E-state index is -3.12. The molecule has 0 fully saturated rings. The molecule has 0 saturated heterocycles. The normalized spacial score (nSPS) is 12.1. The molecule has 0 bridgehead atoms. The topological polar surface area (TPSA) is 82.1 Å². The molecule has 0 atom stereocenters. The Labute approximate surface area is 161 Å². The van der Waals surface area contributed by atoms with Crippen molar-refractivity contribution < 1.29 is 37.4 Å². The first-order valence-electron chi connectivity index (χ1n) is 8.29. The standard InChI is InChI=1S/C19H23F2NO6/c1-12(15(20)21)14(16(23)26-5)22(18(25)28-19(2,3)4)17(24)27-11-13-9-7-6-8-10-13/h6-10,15H,11H2,1-5H3/b14-12+. The van der Waals surface area contributed by atoms with Crippen molar-refractivity contribution in [3.05, 3.63) is 47.2 Å². The van der Waals surface area contributed by atoms with E-state index in [1.165, 1.54) is 20.8 Å². The van der Waals surface area contributed by atoms with Crippen LogP contribution in [0.2, 0.25) is 0 Å². The van der Waals surface area contributed by atoms with Gasteiger partial charge in [-0.1, -0.05) is 30.3 Å². The van der Waals surface area contributed by atoms with Crippen molar-refractivity contribution >= 4 is 18.2 Å². The molecule has 28 heavy (non-hydrogen) atoms. The number of ether oxygens (including phenoxy) is 3. The number of hydrogen-bond acceptors (Lipinski definition) is 6. The highest BCUT2D eigenvalue weighted by atomic mass is 19.3. The quantitative estimate of drug-likeness (QED) is 0.418. The number of imide groups is 1. The molecule has 0 heterocycles. The van der Waals surface area contributed by atoms with E-state index in [4.69, 9.17) is 9.47 Å². The third-order valence-corrected chi connectivity index (χ3v) is 3.27. The molecule has 0 aromatic heterocycles. The highest BCUT2D eigenvalue weighted by molar-refractivity contribution is 6.01. The van der Waals surface area contributed by atoms with E-state index in [0.29, 0.717) is 5.56 Å². The molecule has 0 unspecified atom stereocenters. The summed E-state index contributed by atoms with van der Waals surface area (Å²) in [4.78, 5) is 37.3. The van der Waals surface area contributed by atoms with Gasteiger partial charge in [-0.3, -0.25) is 0 Å². The Morgan fingerprint density at radius 2 is 1.64 bits per heavy atom. The predicted molar refractivity (Wildman–Crippen MR) is 95.4 cm³/mol. The number of rotatable bonds is 5. The van der Waals surface area contributed by atoms with Gasteiger partial charge in [-0.25, -0.2) is 23.2 Å². The zero-order valence-corrected chi connectivity index (χ0v) is 16.3. The molecule has 0 aliphatic rings. The number of halogens is 2. The smallest absolute Gasteiger partial charge is 0.424 e. The molecule has 2 amide bonds. The van der Waals surface area contributed by atoms with E-state index < -0.39 is 41.5 Å². The minimum absolute atomic E-state index is 0.127. The van der Waals surface area contributed by atoms with Crippen molar-refractivity contribution in [3.63, 3.8) is 0 Å². The van der Waals surface area contributed by atoms with Gasteiger partial charge in [0.15, 0.2) is 0 Å². The van der Waals surface area contributed by atoms with Crippen LogP contribution in [0, 0.1) is 0 Å². The van der Waals surface area contributed by atoms with Gasteiger partial charge >= 0.3 is 18.2 Å². The molecular formula is C19H23F2NO6. The van der Waals surface area contributed by atoms with Crippen molar-refractivity contribution in [1.82, 2.24) is 4.90 Å². The summed E-state index contributed by atoms with van der Waals surface area (Å²) in [5, 5.41) is 0. The lowest BCUT2D eigenvalue weighted by Gasteiger charge is -2.27. The van der Waals surface area contributed by atoms with E-state index in [1.54, 1.807) is 30.3 Å². The zero-order chi connectivity index (χ0) is 21.5. The maximum atomic E-state index is 13.3. The molecule has 0 spiro atoms. The van der Waals surface area contributed by atoms with Crippen LogP contribution < -0.4 is 0 Å². The maximum Gasteiger partial charge on any atom is 0.424 e. The Balaban J connectivity index is 3.29. The lowest BCUT2D eigenvalue weighted by molar-refractivity contribution is -0.138. The molecule has 0 aliphatic heterocycles. The lowest BCUT2D eigenvalue weighted by Crippen LogP contribution is -2.43. The molecule has 154 valence electrons. The fourth-order valence-electron chi connectivity index (χ4n) is 1.98. The number of esters is 1. The van der Waals surface area contributed by atoms with Crippen LogP contribution in [0.15, 0.2) is 41.6 Å². The second-order valence-electron chi connectivity index (χ2n) is 6.68. The second kappa shape index (κ2) is 9.82. The van der Waals surface area contributed by atoms with Crippen molar-refractivity contribution in [3.8, 4) is 0 Å². The van der Waals surface area contributed by atoms with Crippen LogP contribution in [-0.2, 0) is 25.6 Å². The minimum Gasteiger partial charge on any atom is -0.464 e. The van der Waals surface area contributed by atoms with E-state index in [2.05, 4.69) is 4.74 Å². The summed E-state index contributed by atoms with van der Waals surface area (Å²) in [6.07, 6.45) is -5.81. The average Bonchev–Trinajstić information content (AvgIpc) is 2.62. The summed E-state index contributed by atoms with van der Waals surface area (Å²) >= 11 is 0. The third-order valence-electron chi connectivity index (χ3n) is 3.27. The van der Waals surface area contributed by atoms with Gasteiger partial charge in [-0.05, 0) is 33.3 Å². The van der Waals surface area contributed by atoms with Crippen LogP contribution in [0.4, 0.5) is 18.4 Å². The summed E-state index contributed by atoms with van der Waals surface area (Å²) in [5.74, 6) is -1.31. The molecule has 0 radical (unpaired) electrons. The van der Waals surface area contributed by atoms with Crippen molar-refractivity contribution in [2.45, 2.75) is 46.3 Å². The number of carbonyl (C=O) groups is 3. The van der Waals surface area contributed by atoms with Gasteiger partial charge in [-0.2, -0.15) is 4.90 Å². The molecule has 9 heteroatoms. The van der Waals surface area contributed by atoms with Crippen LogP contribution in [0.5, 0.6) is 0 Å². The molecule has 0 saturated carbocycles. The summed E-state index contributed by atoms with van der Waals surface area (Å²) in [6.45, 7) is 5.19. The molecule has 1 rings (SSSR count). The van der Waals surface area contributed by atoms with Gasteiger partial charge in [0.1, 0.15) is 17.9 Å². The number of hydrogen-bond donors (Lipinski definition) is 0. The Hall–Kier alpha value is -2.97. The van der Waals surface area contributed by atoms with E-state index in [0.717, 1.165) is 14.0 Å². The first kappa shape index (κ1) is 23.1. The molecule has 7 nitrogen and oxygen atoms in total. The number of benzene rings is 1. The second-order valence-corrected chi connectivity index (χ2v) is 6.68. The zero-order valence-electron chi connectivity index (χ0n) is 16.3. The fourth-order valence-corrected chi connectivity index (χ4v) is 1.98. The summed E-state index contributed by atoms with van der Waals surface area (Å²) in [7, 11) is 0.934. The molecule has 0 N–H and O–H groups in total. The highest BCUT2D eigenvalue weighted by Gasteiger charge is 2.38. The monoisotopic (exact) mass is 399 g/mol. The van der Waals surface area contributed by atoms with Gasteiger partial charge in [0.2, 0.25) is 0 Å². The van der Waals surface area contributed by atoms with Crippen molar-refractivity contribution in [1.29, 1.82) is 0 Å². The van der Waals surface area contributed by atoms with Gasteiger partial charge in [0, 0.05) is 5.57 Å². The largest absolute Gasteiger partial charge is 0.464 e. The Kier molecular flexibility index (Phi) is 8.09. The third kappa shape index (κ3) is 6.64. The van der Waals surface area contributed by atoms with Crippen LogP contribution in [-0.4, -0.2) is 42.2 Å². The fraction of sp³-hybridized carbons (Fsp3) is 0.421. The number of allylic oxidation sites excluding steroid dienone is 1. The van der Waals surface area contributed by atoms with Crippen LogP contribution in [0.3, 0.4) is 0 Å². The molecule has 1 aromatic rings. The van der Waals surface area contributed by atoms with E-state index in [1.807, 2.05) is 0 Å². The number of methoxy groups -OCH3 is 1. The molecule has 1 aromatic carbocycles. The lowest BCUT2D eigenvalue weighted by atomic mass is 10.2. The van der Waals surface area contributed by atoms with Gasteiger partial charge in [0.25, 0.3) is 6.43 Å². The summed E-state index contributed by atoms with van der Waals surface area (Å²) in [6, 6.07) is 8.48. The Morgan fingerprint density at radius 3 is 2.11 bits per heavy atom. The first-order valence-corrected chi connectivity index (χ1v) is 8.29. The van der Waals surface area contributed by atoms with E-state index in [-0.39, 0.29) is 11.5 Å². The van der Waals surface area contributed by atoms with Crippen molar-refractivity contribution in [2.24, 2.45) is 0 Å². The Morgan fingerprint density at radius 1 is 1.07 bits per heavy atom. The summed E-state index contributed by atoms with van der Waals surface area (Å²) < 4.78 is 41.1. The van der Waals surface area contributed by atoms with Crippen LogP contribution in [0.1, 0.15) is 33.3 Å². The first-order chi connectivity index (χ1) is 13.0. The highest BCUT2D eigenvalue weighted by Crippen LogP contribution is 2.23. The summed E-state index contributed by atoms with van der Waals surface area (Å²) in [5.41, 5.74) is -2.26. The van der Waals surface area contributed by atoms with E-state index >= 15 is 0 Å². The van der Waals surface area contributed by atoms with Crippen LogP contribution in [0.25, 0.3) is 0 Å². The van der Waals surface area contributed by atoms with Gasteiger partial charge < -0.3 is 14.2 Å². The maximum absolute atomic E-state index is 13.3. The number of carbonyl (C=O) groups excluding carboxylic acids is 3. The van der Waals surface area contributed by atoms with Gasteiger partial charge in [0.05, 0.1) is 7.11 Å².